The van der Waals surface area contributed by atoms with E-state index in [4.69, 9.17) is 0 Å². The largest absolute Gasteiger partial charge is 0.342 e. The highest BCUT2D eigenvalue weighted by Gasteiger charge is 2.24. The van der Waals surface area contributed by atoms with Gasteiger partial charge in [-0.1, -0.05) is 0 Å². The number of thioether (sulfide) groups is 1. The fourth-order valence-electron chi connectivity index (χ4n) is 4.62. The van der Waals surface area contributed by atoms with E-state index in [2.05, 4.69) is 14.9 Å². The molecule has 1 fully saturated rings. The van der Waals surface area contributed by atoms with Gasteiger partial charge in [0.1, 0.15) is 10.7 Å². The molecule has 1 aliphatic heterocycles. The predicted octanol–water partition coefficient (Wildman–Crippen LogP) is 2.11. The zero-order valence-electron chi connectivity index (χ0n) is 19.5. The predicted molar refractivity (Wildman–Crippen MR) is 134 cm³/mol. The van der Waals surface area contributed by atoms with Gasteiger partial charge in [0.2, 0.25) is 11.8 Å². The van der Waals surface area contributed by atoms with Gasteiger partial charge in [0.15, 0.2) is 0 Å². The molecule has 33 heavy (non-hydrogen) atoms. The van der Waals surface area contributed by atoms with Crippen LogP contribution in [-0.2, 0) is 28.2 Å². The molecule has 3 heterocycles. The molecule has 0 saturated carbocycles. The summed E-state index contributed by atoms with van der Waals surface area (Å²) in [5.74, 6) is 2.30. The van der Waals surface area contributed by atoms with E-state index >= 15 is 0 Å². The summed E-state index contributed by atoms with van der Waals surface area (Å²) in [5, 5.41) is 0.786. The number of aromatic amines is 1. The number of nitrogens with one attached hydrogen (secondary N) is 1. The van der Waals surface area contributed by atoms with E-state index in [1.807, 2.05) is 23.6 Å². The van der Waals surface area contributed by atoms with Gasteiger partial charge in [-0.25, -0.2) is 4.98 Å². The monoisotopic (exact) mass is 491 g/mol. The van der Waals surface area contributed by atoms with Gasteiger partial charge in [0.05, 0.1) is 17.7 Å². The number of rotatable bonds is 9. The van der Waals surface area contributed by atoms with Crippen molar-refractivity contribution in [2.24, 2.45) is 0 Å². The van der Waals surface area contributed by atoms with E-state index in [1.54, 1.807) is 23.1 Å². The molecule has 1 saturated heterocycles. The molecule has 4 rings (SSSR count). The van der Waals surface area contributed by atoms with Crippen LogP contribution in [0.5, 0.6) is 0 Å². The van der Waals surface area contributed by atoms with Gasteiger partial charge in [-0.05, 0) is 38.7 Å². The number of amides is 2. The second kappa shape index (κ2) is 11.0. The maximum absolute atomic E-state index is 12.6. The smallest absolute Gasteiger partial charge is 0.259 e. The van der Waals surface area contributed by atoms with Crippen molar-refractivity contribution in [1.29, 1.82) is 0 Å². The number of H-pyrrole nitrogens is 1. The first-order valence-electron chi connectivity index (χ1n) is 11.9. The van der Waals surface area contributed by atoms with Crippen LogP contribution in [0, 0.1) is 0 Å². The third-order valence-electron chi connectivity index (χ3n) is 6.52. The van der Waals surface area contributed by atoms with E-state index < -0.39 is 0 Å². The second-order valence-corrected chi connectivity index (χ2v) is 10.8. The number of fused-ring (bicyclic) bond motifs is 3. The normalized spacial score (nSPS) is 16.4. The van der Waals surface area contributed by atoms with Crippen LogP contribution in [-0.4, -0.2) is 88.0 Å². The zero-order chi connectivity index (χ0) is 23.4. The Morgan fingerprint density at radius 1 is 1.15 bits per heavy atom. The summed E-state index contributed by atoms with van der Waals surface area (Å²) < 4.78 is 0. The quantitative estimate of drug-likeness (QED) is 0.541. The first-order valence-corrected chi connectivity index (χ1v) is 13.9. The molecule has 2 aliphatic rings. The fourth-order valence-corrected chi connectivity index (χ4v) is 6.70. The van der Waals surface area contributed by atoms with Gasteiger partial charge in [-0.15, -0.1) is 11.3 Å². The molecule has 2 aromatic heterocycles. The maximum atomic E-state index is 12.6. The molecular weight excluding hydrogens is 458 g/mol. The molecular formula is C23H33N5O3S2. The molecule has 8 nitrogen and oxygen atoms in total. The number of nitrogens with zero attached hydrogens (tertiary/aromatic N) is 4. The SMILES string of the molecule is CCN(CC)C(=O)CN1CCN(C(=O)CCSCc2nc3sc4c(c3c(=O)[nH]2)CCC4)CC1. The number of hydrogen-bond donors (Lipinski definition) is 1. The van der Waals surface area contributed by atoms with Crippen LogP contribution < -0.4 is 5.56 Å². The molecule has 10 heteroatoms. The lowest BCUT2D eigenvalue weighted by Gasteiger charge is -2.35. The van der Waals surface area contributed by atoms with Crippen LogP contribution in [0.15, 0.2) is 4.79 Å². The number of piperazine rings is 1. The molecule has 2 amide bonds. The fraction of sp³-hybridized carbons (Fsp3) is 0.652. The lowest BCUT2D eigenvalue weighted by atomic mass is 10.2. The van der Waals surface area contributed by atoms with Gasteiger partial charge in [-0.3, -0.25) is 19.3 Å². The van der Waals surface area contributed by atoms with Gasteiger partial charge in [0.25, 0.3) is 5.56 Å². The number of likely N-dealkylation sites (N-methyl/N-ethyl adjacent to an activating group) is 1. The Kier molecular flexibility index (Phi) is 8.08. The number of carbonyl (C=O) groups excluding carboxylic acids is 2. The molecule has 1 aliphatic carbocycles. The van der Waals surface area contributed by atoms with E-state index in [9.17, 15) is 14.4 Å². The van der Waals surface area contributed by atoms with Crippen molar-refractivity contribution in [2.45, 2.75) is 45.3 Å². The molecule has 0 spiro atoms. The van der Waals surface area contributed by atoms with E-state index in [-0.39, 0.29) is 17.4 Å². The lowest BCUT2D eigenvalue weighted by Crippen LogP contribution is -2.51. The van der Waals surface area contributed by atoms with Gasteiger partial charge >= 0.3 is 0 Å². The summed E-state index contributed by atoms with van der Waals surface area (Å²) in [6.45, 7) is 8.71. The third kappa shape index (κ3) is 5.60. The van der Waals surface area contributed by atoms with Crippen LogP contribution in [0.3, 0.4) is 0 Å². The molecule has 0 bridgehead atoms. The van der Waals surface area contributed by atoms with Crippen molar-refractivity contribution >= 4 is 45.1 Å². The molecule has 0 radical (unpaired) electrons. The van der Waals surface area contributed by atoms with Gasteiger partial charge in [0, 0.05) is 56.3 Å². The number of carbonyl (C=O) groups is 2. The minimum atomic E-state index is -0.0246. The second-order valence-electron chi connectivity index (χ2n) is 8.58. The molecule has 0 unspecified atom stereocenters. The van der Waals surface area contributed by atoms with Gasteiger partial charge in [-0.2, -0.15) is 11.8 Å². The number of aryl methyl sites for hydroxylation is 2. The summed E-state index contributed by atoms with van der Waals surface area (Å²) in [6, 6.07) is 0. The van der Waals surface area contributed by atoms with Crippen LogP contribution >= 0.6 is 23.1 Å². The molecule has 1 N–H and O–H groups in total. The minimum Gasteiger partial charge on any atom is -0.342 e. The van der Waals surface area contributed by atoms with Crippen molar-refractivity contribution in [3.8, 4) is 0 Å². The molecule has 2 aromatic rings. The Balaban J connectivity index is 1.19. The van der Waals surface area contributed by atoms with E-state index in [1.165, 1.54) is 10.4 Å². The number of thiophene rings is 1. The summed E-state index contributed by atoms with van der Waals surface area (Å²) in [6.07, 6.45) is 3.65. The Hall–Kier alpha value is -1.91. The number of aromatic nitrogens is 2. The van der Waals surface area contributed by atoms with Crippen LogP contribution in [0.4, 0.5) is 0 Å². The average molecular weight is 492 g/mol. The standard InChI is InChI=1S/C23H33N5O3S2/c1-3-27(4-2)20(30)14-26-9-11-28(12-10-26)19(29)8-13-32-15-18-24-22(31)21-16-6-5-7-17(16)33-23(21)25-18/h3-15H2,1-2H3,(H,24,25,31). The molecule has 0 atom stereocenters. The van der Waals surface area contributed by atoms with E-state index in [0.717, 1.165) is 55.7 Å². The molecule has 0 aromatic carbocycles. The topological polar surface area (TPSA) is 89.6 Å². The minimum absolute atomic E-state index is 0.0246. The van der Waals surface area contributed by atoms with Gasteiger partial charge < -0.3 is 14.8 Å². The Morgan fingerprint density at radius 2 is 1.91 bits per heavy atom. The van der Waals surface area contributed by atoms with Crippen LogP contribution in [0.2, 0.25) is 0 Å². The van der Waals surface area contributed by atoms with Crippen molar-refractivity contribution < 1.29 is 9.59 Å². The van der Waals surface area contributed by atoms with Crippen LogP contribution in [0.1, 0.15) is 43.0 Å². The lowest BCUT2D eigenvalue weighted by molar-refractivity contribution is -0.134. The highest BCUT2D eigenvalue weighted by molar-refractivity contribution is 7.98. The summed E-state index contributed by atoms with van der Waals surface area (Å²) in [7, 11) is 0. The zero-order valence-corrected chi connectivity index (χ0v) is 21.2. The average Bonchev–Trinajstić information content (AvgIpc) is 3.39. The summed E-state index contributed by atoms with van der Waals surface area (Å²) in [4.78, 5) is 53.1. The van der Waals surface area contributed by atoms with Crippen molar-refractivity contribution in [2.75, 3.05) is 51.6 Å². The van der Waals surface area contributed by atoms with Crippen molar-refractivity contribution in [3.05, 3.63) is 26.6 Å². The Morgan fingerprint density at radius 3 is 2.64 bits per heavy atom. The summed E-state index contributed by atoms with van der Waals surface area (Å²) >= 11 is 3.28. The van der Waals surface area contributed by atoms with E-state index in [0.29, 0.717) is 43.4 Å². The third-order valence-corrected chi connectivity index (χ3v) is 8.68. The van der Waals surface area contributed by atoms with Crippen LogP contribution in [0.25, 0.3) is 10.2 Å². The number of hydrogen-bond acceptors (Lipinski definition) is 7. The Labute approximate surface area is 202 Å². The first-order chi connectivity index (χ1) is 16.0. The first kappa shape index (κ1) is 24.2. The summed E-state index contributed by atoms with van der Waals surface area (Å²) in [5.41, 5.74) is 1.18. The highest BCUT2D eigenvalue weighted by Crippen LogP contribution is 2.34. The maximum Gasteiger partial charge on any atom is 0.259 e. The van der Waals surface area contributed by atoms with Crippen molar-refractivity contribution in [1.82, 2.24) is 24.7 Å². The Bertz CT molecular complexity index is 1050. The molecule has 180 valence electrons. The van der Waals surface area contributed by atoms with Crippen molar-refractivity contribution in [3.63, 3.8) is 0 Å². The highest BCUT2D eigenvalue weighted by atomic mass is 32.2.